The van der Waals surface area contributed by atoms with Crippen LogP contribution in [0.15, 0.2) is 30.7 Å². The number of rotatable bonds is 6. The predicted octanol–water partition coefficient (Wildman–Crippen LogP) is 3.14. The maximum Gasteiger partial charge on any atom is 0.205 e. The van der Waals surface area contributed by atoms with Gasteiger partial charge in [0.15, 0.2) is 0 Å². The molecule has 0 unspecified atom stereocenters. The third kappa shape index (κ3) is 3.92. The smallest absolute Gasteiger partial charge is 0.205 e. The molecule has 6 nitrogen and oxygen atoms in total. The molecule has 0 amide bonds. The van der Waals surface area contributed by atoms with Crippen LogP contribution in [-0.2, 0) is 20.0 Å². The molecule has 0 spiro atoms. The van der Waals surface area contributed by atoms with Gasteiger partial charge in [-0.1, -0.05) is 25.2 Å². The normalized spacial score (nSPS) is 11.1. The van der Waals surface area contributed by atoms with Crippen LogP contribution >= 0.6 is 11.3 Å². The molecule has 0 aromatic carbocycles. The Bertz CT molecular complexity index is 762. The van der Waals surface area contributed by atoms with Crippen LogP contribution in [-0.4, -0.2) is 25.0 Å². The highest BCUT2D eigenvalue weighted by atomic mass is 32.1. The van der Waals surface area contributed by atoms with Crippen molar-refractivity contribution in [1.29, 1.82) is 0 Å². The summed E-state index contributed by atoms with van der Waals surface area (Å²) in [4.78, 5) is 4.17. The van der Waals surface area contributed by atoms with Gasteiger partial charge in [-0.15, -0.1) is 10.2 Å². The van der Waals surface area contributed by atoms with Gasteiger partial charge < -0.3 is 5.32 Å². The van der Waals surface area contributed by atoms with Crippen LogP contribution in [0.1, 0.15) is 24.4 Å². The van der Waals surface area contributed by atoms with E-state index in [0.29, 0.717) is 12.5 Å². The van der Waals surface area contributed by atoms with Crippen molar-refractivity contribution in [2.75, 3.05) is 5.32 Å². The quantitative estimate of drug-likeness (QED) is 0.753. The van der Waals surface area contributed by atoms with Crippen LogP contribution in [0.5, 0.6) is 0 Å². The molecule has 1 N–H and O–H groups in total. The molecule has 0 saturated carbocycles. The predicted molar refractivity (Wildman–Crippen MR) is 92.2 cm³/mol. The van der Waals surface area contributed by atoms with Crippen molar-refractivity contribution in [3.8, 4) is 11.3 Å². The summed E-state index contributed by atoms with van der Waals surface area (Å²) in [6.07, 6.45) is 6.58. The fraction of sp³-hybridized carbons (Fsp3) is 0.375. The van der Waals surface area contributed by atoms with E-state index in [1.807, 2.05) is 36.3 Å². The molecule has 0 saturated heterocycles. The highest BCUT2D eigenvalue weighted by molar-refractivity contribution is 7.15. The van der Waals surface area contributed by atoms with Crippen molar-refractivity contribution in [2.45, 2.75) is 26.8 Å². The van der Waals surface area contributed by atoms with Gasteiger partial charge in [0.2, 0.25) is 5.13 Å². The first-order valence-electron chi connectivity index (χ1n) is 7.61. The Labute approximate surface area is 139 Å². The third-order valence-electron chi connectivity index (χ3n) is 3.32. The van der Waals surface area contributed by atoms with Gasteiger partial charge in [-0.3, -0.25) is 9.67 Å². The molecule has 3 aromatic heterocycles. The van der Waals surface area contributed by atoms with E-state index in [1.54, 1.807) is 17.5 Å². The molecule has 23 heavy (non-hydrogen) atoms. The molecule has 0 aliphatic rings. The highest BCUT2D eigenvalue weighted by Crippen LogP contribution is 2.23. The first kappa shape index (κ1) is 15.6. The molecule has 0 atom stereocenters. The third-order valence-corrected chi connectivity index (χ3v) is 4.22. The zero-order chi connectivity index (χ0) is 16.2. The van der Waals surface area contributed by atoms with Crippen molar-refractivity contribution in [3.63, 3.8) is 0 Å². The van der Waals surface area contributed by atoms with Gasteiger partial charge in [-0.05, 0) is 18.1 Å². The van der Waals surface area contributed by atoms with E-state index in [0.717, 1.165) is 33.4 Å². The highest BCUT2D eigenvalue weighted by Gasteiger charge is 2.11. The maximum absolute atomic E-state index is 4.54. The Morgan fingerprint density at radius 1 is 1.30 bits per heavy atom. The first-order valence-corrected chi connectivity index (χ1v) is 8.42. The monoisotopic (exact) mass is 328 g/mol. The van der Waals surface area contributed by atoms with Gasteiger partial charge >= 0.3 is 0 Å². The van der Waals surface area contributed by atoms with Crippen LogP contribution < -0.4 is 5.32 Å². The van der Waals surface area contributed by atoms with Gasteiger partial charge in [-0.2, -0.15) is 5.10 Å². The van der Waals surface area contributed by atoms with Crippen molar-refractivity contribution in [2.24, 2.45) is 13.0 Å². The molecule has 3 heterocycles. The van der Waals surface area contributed by atoms with E-state index in [2.05, 4.69) is 39.4 Å². The summed E-state index contributed by atoms with van der Waals surface area (Å²) in [5.74, 6) is 0.589. The van der Waals surface area contributed by atoms with Crippen molar-refractivity contribution in [3.05, 3.63) is 41.3 Å². The van der Waals surface area contributed by atoms with Gasteiger partial charge in [0, 0.05) is 49.7 Å². The minimum atomic E-state index is 0.589. The summed E-state index contributed by atoms with van der Waals surface area (Å²) in [6, 6.07) is 3.94. The lowest BCUT2D eigenvalue weighted by Gasteiger charge is -2.03. The van der Waals surface area contributed by atoms with E-state index in [9.17, 15) is 0 Å². The van der Waals surface area contributed by atoms with Gasteiger partial charge in [0.05, 0.1) is 5.69 Å². The Balaban J connectivity index is 1.72. The SMILES string of the molecule is CC(C)Cc1nnc(NCc2cn(C)nc2-c2cccnc2)s1. The molecule has 0 fully saturated rings. The Hall–Kier alpha value is -2.28. The number of nitrogens with one attached hydrogen (secondary N) is 1. The molecule has 0 bridgehead atoms. The average Bonchev–Trinajstić information content (AvgIpc) is 3.12. The number of hydrogen-bond donors (Lipinski definition) is 1. The summed E-state index contributed by atoms with van der Waals surface area (Å²) >= 11 is 1.62. The zero-order valence-electron chi connectivity index (χ0n) is 13.5. The van der Waals surface area contributed by atoms with E-state index in [1.165, 1.54) is 0 Å². The minimum absolute atomic E-state index is 0.589. The number of anilines is 1. The largest absolute Gasteiger partial charge is 0.356 e. The lowest BCUT2D eigenvalue weighted by molar-refractivity contribution is 0.640. The molecule has 0 radical (unpaired) electrons. The van der Waals surface area contributed by atoms with Gasteiger partial charge in [0.1, 0.15) is 5.01 Å². The standard InChI is InChI=1S/C16H20N6S/c1-11(2)7-14-19-20-16(23-14)18-9-13-10-22(3)21-15(13)12-5-4-6-17-8-12/h4-6,8,10-11H,7,9H2,1-3H3,(H,18,20). The van der Waals surface area contributed by atoms with Crippen LogP contribution in [0, 0.1) is 5.92 Å². The summed E-state index contributed by atoms with van der Waals surface area (Å²) in [7, 11) is 1.93. The van der Waals surface area contributed by atoms with E-state index >= 15 is 0 Å². The average molecular weight is 328 g/mol. The topological polar surface area (TPSA) is 68.5 Å². The Morgan fingerprint density at radius 2 is 2.17 bits per heavy atom. The summed E-state index contributed by atoms with van der Waals surface area (Å²) in [5, 5.41) is 18.3. The number of aryl methyl sites for hydroxylation is 1. The lowest BCUT2D eigenvalue weighted by Crippen LogP contribution is -1.99. The fourth-order valence-corrected chi connectivity index (χ4v) is 3.29. The van der Waals surface area contributed by atoms with Crippen molar-refractivity contribution in [1.82, 2.24) is 25.0 Å². The molecule has 0 aliphatic carbocycles. The Kier molecular flexibility index (Phi) is 4.66. The molecule has 3 rings (SSSR count). The molecule has 120 valence electrons. The van der Waals surface area contributed by atoms with E-state index in [-0.39, 0.29) is 0 Å². The number of aromatic nitrogens is 5. The number of pyridine rings is 1. The summed E-state index contributed by atoms with van der Waals surface area (Å²) < 4.78 is 1.82. The fourth-order valence-electron chi connectivity index (χ4n) is 2.34. The Morgan fingerprint density at radius 3 is 2.91 bits per heavy atom. The molecular formula is C16H20N6S. The van der Waals surface area contributed by atoms with Crippen LogP contribution in [0.3, 0.4) is 0 Å². The second-order valence-electron chi connectivity index (χ2n) is 5.87. The van der Waals surface area contributed by atoms with Gasteiger partial charge in [0.25, 0.3) is 0 Å². The van der Waals surface area contributed by atoms with E-state index in [4.69, 9.17) is 0 Å². The molecule has 7 heteroatoms. The van der Waals surface area contributed by atoms with Crippen molar-refractivity contribution >= 4 is 16.5 Å². The van der Waals surface area contributed by atoms with Gasteiger partial charge in [-0.25, -0.2) is 0 Å². The zero-order valence-corrected chi connectivity index (χ0v) is 14.3. The second kappa shape index (κ2) is 6.87. The molecular weight excluding hydrogens is 308 g/mol. The first-order chi connectivity index (χ1) is 11.1. The molecule has 0 aliphatic heterocycles. The summed E-state index contributed by atoms with van der Waals surface area (Å²) in [5.41, 5.74) is 3.07. The number of nitrogens with zero attached hydrogens (tertiary/aromatic N) is 5. The lowest BCUT2D eigenvalue weighted by atomic mass is 10.1. The second-order valence-corrected chi connectivity index (χ2v) is 6.93. The summed E-state index contributed by atoms with van der Waals surface area (Å²) in [6.45, 7) is 5.03. The minimum Gasteiger partial charge on any atom is -0.356 e. The van der Waals surface area contributed by atoms with Crippen molar-refractivity contribution < 1.29 is 0 Å². The van der Waals surface area contributed by atoms with Crippen LogP contribution in [0.4, 0.5) is 5.13 Å². The number of hydrogen-bond acceptors (Lipinski definition) is 6. The maximum atomic E-state index is 4.54. The van der Waals surface area contributed by atoms with E-state index < -0.39 is 0 Å². The van der Waals surface area contributed by atoms with Crippen LogP contribution in [0.25, 0.3) is 11.3 Å². The molecule has 3 aromatic rings. The van der Waals surface area contributed by atoms with Crippen LogP contribution in [0.2, 0.25) is 0 Å².